The third-order valence-corrected chi connectivity index (χ3v) is 4.25. The van der Waals surface area contributed by atoms with Gasteiger partial charge in [-0.3, -0.25) is 0 Å². The third-order valence-electron chi connectivity index (χ3n) is 3.26. The smallest absolute Gasteiger partial charge is 0.423 e. The molecule has 2 heterocycles. The van der Waals surface area contributed by atoms with Crippen LogP contribution >= 0.6 is 11.8 Å². The van der Waals surface area contributed by atoms with Crippen molar-refractivity contribution in [2.45, 2.75) is 24.0 Å². The molecule has 2 aromatic heterocycles. The minimum atomic E-state index is -4.68. The van der Waals surface area contributed by atoms with Gasteiger partial charge >= 0.3 is 11.8 Å². The van der Waals surface area contributed by atoms with Crippen LogP contribution in [-0.2, 0) is 11.9 Å². The average Bonchev–Trinajstić information content (AvgIpc) is 2.85. The predicted octanol–water partition coefficient (Wildman–Crippen LogP) is 2.72. The monoisotopic (exact) mass is 356 g/mol. The number of aryl methyl sites for hydroxylation is 1. The molecule has 0 fully saturated rings. The average molecular weight is 356 g/mol. The normalized spacial score (nSPS) is 12.0. The van der Waals surface area contributed by atoms with Gasteiger partial charge in [0, 0.05) is 17.2 Å². The van der Waals surface area contributed by atoms with Crippen molar-refractivity contribution >= 4 is 22.7 Å². The summed E-state index contributed by atoms with van der Waals surface area (Å²) in [7, 11) is 0. The van der Waals surface area contributed by atoms with Gasteiger partial charge in [-0.15, -0.1) is 10.2 Å². The number of nitrogens with zero attached hydrogens (tertiary/aromatic N) is 3. The Morgan fingerprint density at radius 2 is 2.04 bits per heavy atom. The Morgan fingerprint density at radius 3 is 2.71 bits per heavy atom. The SMILES string of the molecule is Cc1ccc2c(CSc3nnc(C(F)(F)F)n3N)cc(=O)oc2c1. The number of nitrogen functional groups attached to an aromatic ring is 1. The van der Waals surface area contributed by atoms with Crippen molar-refractivity contribution < 1.29 is 17.6 Å². The second-order valence-electron chi connectivity index (χ2n) is 5.05. The van der Waals surface area contributed by atoms with Crippen LogP contribution in [-0.4, -0.2) is 14.9 Å². The van der Waals surface area contributed by atoms with Crippen molar-refractivity contribution in [2.75, 3.05) is 5.84 Å². The molecule has 0 spiro atoms. The predicted molar refractivity (Wildman–Crippen MR) is 82.0 cm³/mol. The van der Waals surface area contributed by atoms with Gasteiger partial charge in [0.15, 0.2) is 0 Å². The van der Waals surface area contributed by atoms with Crippen molar-refractivity contribution in [2.24, 2.45) is 0 Å². The van der Waals surface area contributed by atoms with E-state index in [1.807, 2.05) is 13.0 Å². The van der Waals surface area contributed by atoms with Gasteiger partial charge in [0.05, 0.1) is 0 Å². The lowest BCUT2D eigenvalue weighted by Crippen LogP contribution is -2.21. The maximum absolute atomic E-state index is 12.7. The number of hydrogen-bond acceptors (Lipinski definition) is 6. The molecule has 6 nitrogen and oxygen atoms in total. The number of fused-ring (bicyclic) bond motifs is 1. The molecule has 0 saturated carbocycles. The van der Waals surface area contributed by atoms with E-state index in [1.165, 1.54) is 6.07 Å². The molecule has 0 unspecified atom stereocenters. The molecule has 0 saturated heterocycles. The van der Waals surface area contributed by atoms with E-state index in [1.54, 1.807) is 12.1 Å². The standard InChI is InChI=1S/C14H11F3N4O2S/c1-7-2-3-9-8(5-11(22)23-10(9)4-7)6-24-13-20-19-12(21(13)18)14(15,16)17/h2-5H,6,18H2,1H3. The molecule has 3 rings (SSSR count). The van der Waals surface area contributed by atoms with E-state index in [9.17, 15) is 18.0 Å². The fourth-order valence-electron chi connectivity index (χ4n) is 2.17. The highest BCUT2D eigenvalue weighted by Gasteiger charge is 2.38. The molecule has 0 amide bonds. The summed E-state index contributed by atoms with van der Waals surface area (Å²) < 4.78 is 43.5. The third kappa shape index (κ3) is 3.09. The van der Waals surface area contributed by atoms with E-state index in [0.29, 0.717) is 21.2 Å². The Morgan fingerprint density at radius 1 is 1.29 bits per heavy atom. The number of nitrogens with two attached hydrogens (primary N) is 1. The number of hydrogen-bond donors (Lipinski definition) is 1. The van der Waals surface area contributed by atoms with E-state index in [0.717, 1.165) is 17.3 Å². The molecule has 2 N–H and O–H groups in total. The lowest BCUT2D eigenvalue weighted by Gasteiger charge is -2.07. The first-order chi connectivity index (χ1) is 11.3. The molecule has 1 aromatic carbocycles. The molecule has 24 heavy (non-hydrogen) atoms. The van der Waals surface area contributed by atoms with E-state index in [2.05, 4.69) is 10.2 Å². The Kier molecular flexibility index (Phi) is 3.99. The van der Waals surface area contributed by atoms with Gasteiger partial charge in [-0.1, -0.05) is 23.9 Å². The maximum Gasteiger partial charge on any atom is 0.453 e. The first-order valence-electron chi connectivity index (χ1n) is 6.69. The number of halogens is 3. The van der Waals surface area contributed by atoms with Crippen molar-refractivity contribution in [1.29, 1.82) is 0 Å². The highest BCUT2D eigenvalue weighted by atomic mass is 32.2. The van der Waals surface area contributed by atoms with Crippen LogP contribution in [0.15, 0.2) is 38.6 Å². The number of rotatable bonds is 3. The quantitative estimate of drug-likeness (QED) is 0.441. The lowest BCUT2D eigenvalue weighted by molar-refractivity contribution is -0.146. The Balaban J connectivity index is 1.92. The minimum Gasteiger partial charge on any atom is -0.423 e. The highest BCUT2D eigenvalue weighted by molar-refractivity contribution is 7.98. The number of alkyl halides is 3. The van der Waals surface area contributed by atoms with Crippen LogP contribution in [0.5, 0.6) is 0 Å². The second kappa shape index (κ2) is 5.86. The van der Waals surface area contributed by atoms with E-state index in [-0.39, 0.29) is 10.9 Å². The molecule has 0 radical (unpaired) electrons. The Bertz CT molecular complexity index is 965. The molecule has 3 aromatic rings. The first kappa shape index (κ1) is 16.4. The van der Waals surface area contributed by atoms with Crippen LogP contribution in [0.2, 0.25) is 0 Å². The molecule has 0 aliphatic carbocycles. The van der Waals surface area contributed by atoms with Gasteiger partial charge in [0.2, 0.25) is 5.16 Å². The van der Waals surface area contributed by atoms with Crippen LogP contribution in [0, 0.1) is 6.92 Å². The van der Waals surface area contributed by atoms with Crippen LogP contribution in [0.25, 0.3) is 11.0 Å². The maximum atomic E-state index is 12.7. The summed E-state index contributed by atoms with van der Waals surface area (Å²) in [6.07, 6.45) is -4.68. The zero-order valence-electron chi connectivity index (χ0n) is 12.3. The topological polar surface area (TPSA) is 86.9 Å². The Hall–Kier alpha value is -2.49. The molecule has 0 atom stereocenters. The summed E-state index contributed by atoms with van der Waals surface area (Å²) in [6, 6.07) is 6.66. The van der Waals surface area contributed by atoms with Gasteiger partial charge in [-0.2, -0.15) is 13.2 Å². The molecule has 10 heteroatoms. The van der Waals surface area contributed by atoms with Crippen LogP contribution in [0.1, 0.15) is 17.0 Å². The molecule has 0 bridgehead atoms. The van der Waals surface area contributed by atoms with Crippen molar-refractivity contribution in [3.05, 3.63) is 51.6 Å². The summed E-state index contributed by atoms with van der Waals surface area (Å²) in [5.41, 5.74) is 1.42. The number of thioether (sulfide) groups is 1. The lowest BCUT2D eigenvalue weighted by atomic mass is 10.1. The van der Waals surface area contributed by atoms with Gasteiger partial charge in [0.1, 0.15) is 5.58 Å². The van der Waals surface area contributed by atoms with Gasteiger partial charge in [-0.25, -0.2) is 9.47 Å². The summed E-state index contributed by atoms with van der Waals surface area (Å²) >= 11 is 0.949. The number of benzene rings is 1. The second-order valence-corrected chi connectivity index (χ2v) is 6.00. The molecule has 0 aliphatic rings. The van der Waals surface area contributed by atoms with Crippen LogP contribution in [0.3, 0.4) is 0 Å². The fraction of sp³-hybridized carbons (Fsp3) is 0.214. The summed E-state index contributed by atoms with van der Waals surface area (Å²) in [5.74, 6) is 4.30. The minimum absolute atomic E-state index is 0.101. The van der Waals surface area contributed by atoms with E-state index < -0.39 is 17.6 Å². The van der Waals surface area contributed by atoms with Gasteiger partial charge in [-0.05, 0) is 24.1 Å². The van der Waals surface area contributed by atoms with Crippen LogP contribution in [0.4, 0.5) is 13.2 Å². The highest BCUT2D eigenvalue weighted by Crippen LogP contribution is 2.30. The summed E-state index contributed by atoms with van der Waals surface area (Å²) in [5, 5.41) is 7.10. The Labute approximate surface area is 137 Å². The van der Waals surface area contributed by atoms with Crippen LogP contribution < -0.4 is 11.5 Å². The van der Waals surface area contributed by atoms with Gasteiger partial charge in [0.25, 0.3) is 5.82 Å². The molecular weight excluding hydrogens is 345 g/mol. The van der Waals surface area contributed by atoms with E-state index >= 15 is 0 Å². The molecule has 0 aliphatic heterocycles. The summed E-state index contributed by atoms with van der Waals surface area (Å²) in [6.45, 7) is 1.86. The zero-order valence-corrected chi connectivity index (χ0v) is 13.1. The number of aromatic nitrogens is 3. The van der Waals surface area contributed by atoms with Crippen molar-refractivity contribution in [1.82, 2.24) is 14.9 Å². The largest absolute Gasteiger partial charge is 0.453 e. The van der Waals surface area contributed by atoms with Crippen molar-refractivity contribution in [3.63, 3.8) is 0 Å². The fourth-order valence-corrected chi connectivity index (χ4v) is 3.02. The molecular formula is C14H11F3N4O2S. The van der Waals surface area contributed by atoms with Crippen molar-refractivity contribution in [3.8, 4) is 0 Å². The van der Waals surface area contributed by atoms with Gasteiger partial charge < -0.3 is 10.3 Å². The molecule has 126 valence electrons. The van der Waals surface area contributed by atoms with E-state index in [4.69, 9.17) is 10.3 Å². The zero-order chi connectivity index (χ0) is 17.5. The first-order valence-corrected chi connectivity index (χ1v) is 7.68. The summed E-state index contributed by atoms with van der Waals surface area (Å²) in [4.78, 5) is 11.6.